The fraction of sp³-hybridized carbons (Fsp3) is 0.682. The third-order valence-corrected chi connectivity index (χ3v) is 6.77. The second-order valence-electron chi connectivity index (χ2n) is 8.34. The van der Waals surface area contributed by atoms with Crippen LogP contribution in [-0.2, 0) is 9.53 Å². The van der Waals surface area contributed by atoms with Crippen LogP contribution in [0.3, 0.4) is 0 Å². The van der Waals surface area contributed by atoms with E-state index in [2.05, 4.69) is 16.7 Å². The quantitative estimate of drug-likeness (QED) is 0.819. The minimum atomic E-state index is -0.178. The number of amides is 1. The van der Waals surface area contributed by atoms with E-state index < -0.39 is 0 Å². The van der Waals surface area contributed by atoms with Gasteiger partial charge in [0, 0.05) is 18.3 Å². The van der Waals surface area contributed by atoms with Crippen LogP contribution in [0.25, 0.3) is 0 Å². The Bertz CT molecular complexity index is 630. The van der Waals surface area contributed by atoms with Crippen LogP contribution < -0.4 is 4.90 Å². The Labute approximate surface area is 163 Å². The number of rotatable bonds is 3. The zero-order chi connectivity index (χ0) is 18.7. The lowest BCUT2D eigenvalue weighted by Gasteiger charge is -2.42. The molecule has 27 heavy (non-hydrogen) atoms. The Hall–Kier alpha value is -1.43. The van der Waals surface area contributed by atoms with Crippen molar-refractivity contribution >= 4 is 11.6 Å². The molecule has 3 fully saturated rings. The summed E-state index contributed by atoms with van der Waals surface area (Å²) in [5.41, 5.74) is 0.820. The highest BCUT2D eigenvalue weighted by Gasteiger charge is 2.42. The summed E-state index contributed by atoms with van der Waals surface area (Å²) in [6, 6.07) is 10.8. The zero-order valence-electron chi connectivity index (χ0n) is 16.6. The van der Waals surface area contributed by atoms with Crippen molar-refractivity contribution in [3.8, 4) is 0 Å². The molecule has 0 N–H and O–H groups in total. The molecule has 5 nitrogen and oxygen atoms in total. The van der Waals surface area contributed by atoms with Gasteiger partial charge in [0.2, 0.25) is 0 Å². The lowest BCUT2D eigenvalue weighted by molar-refractivity contribution is -0.140. The van der Waals surface area contributed by atoms with E-state index in [9.17, 15) is 4.79 Å². The highest BCUT2D eigenvalue weighted by molar-refractivity contribution is 5.95. The number of para-hydroxylation sites is 1. The van der Waals surface area contributed by atoms with Gasteiger partial charge >= 0.3 is 0 Å². The molecule has 1 aromatic carbocycles. The van der Waals surface area contributed by atoms with Gasteiger partial charge in [0.05, 0.1) is 12.1 Å². The smallest absolute Gasteiger partial charge is 0.253 e. The Balaban J connectivity index is 1.40. The first-order valence-electron chi connectivity index (χ1n) is 10.6. The van der Waals surface area contributed by atoms with Crippen molar-refractivity contribution in [1.29, 1.82) is 0 Å². The van der Waals surface area contributed by atoms with Crippen molar-refractivity contribution in [2.24, 2.45) is 0 Å². The van der Waals surface area contributed by atoms with E-state index in [1.165, 1.54) is 39.0 Å². The predicted octanol–water partition coefficient (Wildman–Crippen LogP) is 2.76. The molecule has 3 aliphatic rings. The molecule has 1 aromatic rings. The lowest BCUT2D eigenvalue weighted by atomic mass is 9.92. The summed E-state index contributed by atoms with van der Waals surface area (Å²) in [6.45, 7) is 9.06. The maximum absolute atomic E-state index is 12.5. The van der Waals surface area contributed by atoms with Crippen LogP contribution >= 0.6 is 0 Å². The molecule has 5 heteroatoms. The van der Waals surface area contributed by atoms with Crippen LogP contribution in [0, 0.1) is 0 Å². The fourth-order valence-electron chi connectivity index (χ4n) is 5.01. The second-order valence-corrected chi connectivity index (χ2v) is 8.34. The monoisotopic (exact) mass is 371 g/mol. The van der Waals surface area contributed by atoms with Gasteiger partial charge in [-0.1, -0.05) is 25.1 Å². The van der Waals surface area contributed by atoms with Crippen molar-refractivity contribution in [2.75, 3.05) is 50.8 Å². The van der Waals surface area contributed by atoms with E-state index in [0.717, 1.165) is 37.5 Å². The van der Waals surface area contributed by atoms with Crippen molar-refractivity contribution in [3.05, 3.63) is 30.3 Å². The van der Waals surface area contributed by atoms with E-state index in [0.29, 0.717) is 6.54 Å². The number of piperidine rings is 1. The number of hydrogen-bond donors (Lipinski definition) is 0. The van der Waals surface area contributed by atoms with Gasteiger partial charge in [0.25, 0.3) is 5.91 Å². The number of benzene rings is 1. The van der Waals surface area contributed by atoms with Gasteiger partial charge in [-0.15, -0.1) is 0 Å². The van der Waals surface area contributed by atoms with Gasteiger partial charge < -0.3 is 19.4 Å². The average molecular weight is 372 g/mol. The Morgan fingerprint density at radius 2 is 1.85 bits per heavy atom. The van der Waals surface area contributed by atoms with Gasteiger partial charge in [-0.05, 0) is 70.4 Å². The first kappa shape index (κ1) is 18.9. The number of ether oxygens (including phenoxy) is 1. The Morgan fingerprint density at radius 1 is 1.07 bits per heavy atom. The summed E-state index contributed by atoms with van der Waals surface area (Å²) < 4.78 is 6.19. The van der Waals surface area contributed by atoms with E-state index >= 15 is 0 Å². The van der Waals surface area contributed by atoms with Crippen LogP contribution in [-0.4, -0.2) is 73.2 Å². The lowest BCUT2D eigenvalue weighted by Crippen LogP contribution is -2.55. The van der Waals surface area contributed by atoms with Gasteiger partial charge in [0.1, 0.15) is 6.61 Å². The van der Waals surface area contributed by atoms with Crippen LogP contribution in [0.1, 0.15) is 39.0 Å². The minimum Gasteiger partial charge on any atom is -0.363 e. The van der Waals surface area contributed by atoms with Crippen LogP contribution in [0.15, 0.2) is 30.3 Å². The topological polar surface area (TPSA) is 36.0 Å². The number of morpholine rings is 1. The van der Waals surface area contributed by atoms with Gasteiger partial charge in [-0.2, -0.15) is 0 Å². The highest BCUT2D eigenvalue weighted by atomic mass is 16.5. The van der Waals surface area contributed by atoms with Gasteiger partial charge in [-0.25, -0.2) is 0 Å². The van der Waals surface area contributed by atoms with E-state index in [1.807, 2.05) is 35.2 Å². The zero-order valence-corrected chi connectivity index (χ0v) is 16.6. The standard InChI is InChI=1S/C22H33N3O2/c1-2-23-14-9-19(10-15-23)24-13-6-11-22(12-16-24)18-25(21(26)17-27-22)20-7-4-3-5-8-20/h3-5,7-8,19H,2,6,9-18H2,1H3. The molecule has 3 heterocycles. The van der Waals surface area contributed by atoms with E-state index in [1.54, 1.807) is 0 Å². The Morgan fingerprint density at radius 3 is 2.59 bits per heavy atom. The van der Waals surface area contributed by atoms with Crippen molar-refractivity contribution in [2.45, 2.75) is 50.7 Å². The molecule has 1 spiro atoms. The van der Waals surface area contributed by atoms with Crippen molar-refractivity contribution in [3.63, 3.8) is 0 Å². The van der Waals surface area contributed by atoms with Crippen molar-refractivity contribution < 1.29 is 9.53 Å². The molecule has 4 rings (SSSR count). The maximum atomic E-state index is 12.5. The molecule has 1 atom stereocenters. The number of carbonyl (C=O) groups excluding carboxylic acids is 1. The molecule has 0 aliphatic carbocycles. The molecule has 0 bridgehead atoms. The first-order chi connectivity index (χ1) is 13.2. The summed E-state index contributed by atoms with van der Waals surface area (Å²) in [6.07, 6.45) is 5.81. The van der Waals surface area contributed by atoms with Gasteiger partial charge in [-0.3, -0.25) is 4.79 Å². The largest absolute Gasteiger partial charge is 0.363 e. The molecule has 0 radical (unpaired) electrons. The van der Waals surface area contributed by atoms with Crippen LogP contribution in [0.4, 0.5) is 5.69 Å². The minimum absolute atomic E-state index is 0.0832. The fourth-order valence-corrected chi connectivity index (χ4v) is 5.01. The molecule has 3 aliphatic heterocycles. The van der Waals surface area contributed by atoms with Crippen LogP contribution in [0.5, 0.6) is 0 Å². The summed E-state index contributed by atoms with van der Waals surface area (Å²) >= 11 is 0. The number of carbonyl (C=O) groups is 1. The summed E-state index contributed by atoms with van der Waals surface area (Å²) in [5.74, 6) is 0.0832. The molecule has 0 saturated carbocycles. The number of hydrogen-bond acceptors (Lipinski definition) is 4. The molecular weight excluding hydrogens is 338 g/mol. The van der Waals surface area contributed by atoms with E-state index in [4.69, 9.17) is 4.74 Å². The number of likely N-dealkylation sites (tertiary alicyclic amines) is 2. The first-order valence-corrected chi connectivity index (χ1v) is 10.6. The molecule has 1 amide bonds. The van der Waals surface area contributed by atoms with Crippen molar-refractivity contribution in [1.82, 2.24) is 9.80 Å². The molecule has 3 saturated heterocycles. The number of nitrogens with zero attached hydrogens (tertiary/aromatic N) is 3. The van der Waals surface area contributed by atoms with Gasteiger partial charge in [0.15, 0.2) is 0 Å². The number of anilines is 1. The third-order valence-electron chi connectivity index (χ3n) is 6.77. The molecular formula is C22H33N3O2. The van der Waals surface area contributed by atoms with E-state index in [-0.39, 0.29) is 18.1 Å². The third kappa shape index (κ3) is 4.20. The summed E-state index contributed by atoms with van der Waals surface area (Å²) in [4.78, 5) is 19.7. The molecule has 0 aromatic heterocycles. The summed E-state index contributed by atoms with van der Waals surface area (Å²) in [5, 5.41) is 0. The maximum Gasteiger partial charge on any atom is 0.253 e. The predicted molar refractivity (Wildman–Crippen MR) is 108 cm³/mol. The molecule has 148 valence electrons. The van der Waals surface area contributed by atoms with Crippen LogP contribution in [0.2, 0.25) is 0 Å². The normalized spacial score (nSPS) is 29.2. The highest BCUT2D eigenvalue weighted by Crippen LogP contribution is 2.34. The Kier molecular flexibility index (Phi) is 5.81. The SMILES string of the molecule is CCN1CCC(N2CCCC3(CC2)CN(c2ccccc2)C(=O)CO3)CC1. The second kappa shape index (κ2) is 8.29. The summed E-state index contributed by atoms with van der Waals surface area (Å²) in [7, 11) is 0. The average Bonchev–Trinajstić information content (AvgIpc) is 2.93. The molecule has 1 unspecified atom stereocenters.